The Bertz CT molecular complexity index is 769. The summed E-state index contributed by atoms with van der Waals surface area (Å²) in [7, 11) is -2.06. The number of nitrogens with zero attached hydrogens (tertiary/aromatic N) is 1. The molecule has 2 rings (SSSR count). The van der Waals surface area contributed by atoms with Gasteiger partial charge in [-0.15, -0.1) is 0 Å². The first-order valence-corrected chi connectivity index (χ1v) is 12.3. The minimum Gasteiger partial charge on any atom is -0.469 e. The number of methoxy groups -OCH3 is 1. The SMILES string of the molecule is COC(=O)CCCCCNC(=O)CCc1ccc(S(=O)(=O)N2CCCCCC2)cc1. The van der Waals surface area contributed by atoms with Crippen LogP contribution in [-0.4, -0.2) is 51.3 Å². The van der Waals surface area contributed by atoms with Gasteiger partial charge in [-0.3, -0.25) is 9.59 Å². The van der Waals surface area contributed by atoms with E-state index in [9.17, 15) is 18.0 Å². The molecule has 0 aliphatic carbocycles. The van der Waals surface area contributed by atoms with Crippen LogP contribution in [-0.2, 0) is 30.8 Å². The van der Waals surface area contributed by atoms with Gasteiger partial charge in [0.05, 0.1) is 12.0 Å². The van der Waals surface area contributed by atoms with Gasteiger partial charge < -0.3 is 10.1 Å². The number of benzene rings is 1. The summed E-state index contributed by atoms with van der Waals surface area (Å²) in [6, 6.07) is 6.89. The summed E-state index contributed by atoms with van der Waals surface area (Å²) in [5, 5.41) is 2.88. The molecule has 8 heteroatoms. The van der Waals surface area contributed by atoms with Crippen molar-refractivity contribution in [3.8, 4) is 0 Å². The molecule has 1 aliphatic rings. The topological polar surface area (TPSA) is 92.8 Å². The molecule has 0 aromatic heterocycles. The molecule has 0 spiro atoms. The Hall–Kier alpha value is -1.93. The number of aryl methyl sites for hydroxylation is 1. The van der Waals surface area contributed by atoms with Gasteiger partial charge in [-0.2, -0.15) is 4.31 Å². The van der Waals surface area contributed by atoms with Crippen LogP contribution in [0.2, 0.25) is 0 Å². The molecule has 0 atom stereocenters. The highest BCUT2D eigenvalue weighted by Gasteiger charge is 2.24. The summed E-state index contributed by atoms with van der Waals surface area (Å²) in [5.41, 5.74) is 0.943. The molecule has 1 saturated heterocycles. The number of esters is 1. The molecule has 0 unspecified atom stereocenters. The van der Waals surface area contributed by atoms with E-state index >= 15 is 0 Å². The van der Waals surface area contributed by atoms with Crippen molar-refractivity contribution in [2.45, 2.75) is 69.1 Å². The monoisotopic (exact) mass is 438 g/mol. The van der Waals surface area contributed by atoms with Crippen LogP contribution in [0.25, 0.3) is 0 Å². The minimum atomic E-state index is -3.44. The molecule has 1 aromatic carbocycles. The zero-order chi connectivity index (χ0) is 21.8. The lowest BCUT2D eigenvalue weighted by atomic mass is 10.1. The Kier molecular flexibility index (Phi) is 10.3. The van der Waals surface area contributed by atoms with Crippen molar-refractivity contribution in [2.24, 2.45) is 0 Å². The number of rotatable bonds is 11. The van der Waals surface area contributed by atoms with E-state index in [-0.39, 0.29) is 11.9 Å². The van der Waals surface area contributed by atoms with Crippen LogP contribution in [0.4, 0.5) is 0 Å². The third kappa shape index (κ3) is 8.07. The van der Waals surface area contributed by atoms with Crippen LogP contribution in [0.5, 0.6) is 0 Å². The maximum Gasteiger partial charge on any atom is 0.305 e. The molecule has 1 heterocycles. The lowest BCUT2D eigenvalue weighted by Crippen LogP contribution is -2.31. The molecule has 1 fully saturated rings. The van der Waals surface area contributed by atoms with E-state index in [4.69, 9.17) is 0 Å². The molecule has 1 N–H and O–H groups in total. The third-order valence-electron chi connectivity index (χ3n) is 5.37. The highest BCUT2D eigenvalue weighted by atomic mass is 32.2. The molecular weight excluding hydrogens is 404 g/mol. The molecule has 0 radical (unpaired) electrons. The van der Waals surface area contributed by atoms with Crippen LogP contribution in [0, 0.1) is 0 Å². The van der Waals surface area contributed by atoms with E-state index < -0.39 is 10.0 Å². The fourth-order valence-electron chi connectivity index (χ4n) is 3.51. The van der Waals surface area contributed by atoms with Crippen molar-refractivity contribution in [1.29, 1.82) is 0 Å². The normalized spacial score (nSPS) is 15.4. The Morgan fingerprint density at radius 1 is 0.967 bits per heavy atom. The zero-order valence-electron chi connectivity index (χ0n) is 17.9. The van der Waals surface area contributed by atoms with E-state index in [1.165, 1.54) is 7.11 Å². The smallest absolute Gasteiger partial charge is 0.305 e. The number of carbonyl (C=O) groups is 2. The second-order valence-corrected chi connectivity index (χ2v) is 9.64. The van der Waals surface area contributed by atoms with Gasteiger partial charge in [0.25, 0.3) is 0 Å². The van der Waals surface area contributed by atoms with Crippen molar-refractivity contribution in [1.82, 2.24) is 9.62 Å². The molecule has 0 bridgehead atoms. The predicted molar refractivity (Wildman–Crippen MR) is 115 cm³/mol. The summed E-state index contributed by atoms with van der Waals surface area (Å²) >= 11 is 0. The van der Waals surface area contributed by atoms with E-state index in [2.05, 4.69) is 10.1 Å². The standard InChI is InChI=1S/C22H34N2O5S/c1-29-22(26)9-5-4-6-16-23-21(25)15-12-19-10-13-20(14-11-19)30(27,28)24-17-7-2-3-8-18-24/h10-11,13-14H,2-9,12,15-18H2,1H3,(H,23,25). The van der Waals surface area contributed by atoms with Crippen molar-refractivity contribution in [3.05, 3.63) is 29.8 Å². The fraction of sp³-hybridized carbons (Fsp3) is 0.636. The number of hydrogen-bond donors (Lipinski definition) is 1. The second kappa shape index (κ2) is 12.7. The number of amides is 1. The molecule has 30 heavy (non-hydrogen) atoms. The van der Waals surface area contributed by atoms with Gasteiger partial charge in [-0.1, -0.05) is 31.4 Å². The number of sulfonamides is 1. The predicted octanol–water partition coefficient (Wildman–Crippen LogP) is 3.03. The number of nitrogens with one attached hydrogen (secondary N) is 1. The van der Waals surface area contributed by atoms with Gasteiger partial charge in [-0.25, -0.2) is 8.42 Å². The molecule has 168 valence electrons. The van der Waals surface area contributed by atoms with Crippen LogP contribution >= 0.6 is 0 Å². The first-order chi connectivity index (χ1) is 14.4. The van der Waals surface area contributed by atoms with Gasteiger partial charge in [0.15, 0.2) is 0 Å². The van der Waals surface area contributed by atoms with Crippen LogP contribution in [0.15, 0.2) is 29.2 Å². The summed E-state index contributed by atoms with van der Waals surface area (Å²) < 4.78 is 31.8. The fourth-order valence-corrected chi connectivity index (χ4v) is 5.02. The number of ether oxygens (including phenoxy) is 1. The molecule has 1 aliphatic heterocycles. The van der Waals surface area contributed by atoms with Crippen molar-refractivity contribution >= 4 is 21.9 Å². The quantitative estimate of drug-likeness (QED) is 0.423. The van der Waals surface area contributed by atoms with Gasteiger partial charge in [-0.05, 0) is 49.8 Å². The van der Waals surface area contributed by atoms with Crippen molar-refractivity contribution < 1.29 is 22.7 Å². The largest absolute Gasteiger partial charge is 0.469 e. The summed E-state index contributed by atoms with van der Waals surface area (Å²) in [6.07, 6.45) is 7.78. The Morgan fingerprint density at radius 2 is 1.63 bits per heavy atom. The molecule has 1 amide bonds. The van der Waals surface area contributed by atoms with Crippen LogP contribution in [0.3, 0.4) is 0 Å². The van der Waals surface area contributed by atoms with Crippen molar-refractivity contribution in [3.63, 3.8) is 0 Å². The first kappa shape index (κ1) is 24.3. The molecule has 7 nitrogen and oxygen atoms in total. The first-order valence-electron chi connectivity index (χ1n) is 10.9. The van der Waals surface area contributed by atoms with E-state index in [1.54, 1.807) is 28.6 Å². The average molecular weight is 439 g/mol. The van der Waals surface area contributed by atoms with E-state index in [0.29, 0.717) is 43.8 Å². The molecule has 0 saturated carbocycles. The van der Waals surface area contributed by atoms with Gasteiger partial charge in [0.1, 0.15) is 0 Å². The molecule has 1 aromatic rings. The minimum absolute atomic E-state index is 0.0239. The van der Waals surface area contributed by atoms with Crippen molar-refractivity contribution in [2.75, 3.05) is 26.7 Å². The average Bonchev–Trinajstić information content (AvgIpc) is 3.05. The van der Waals surface area contributed by atoms with Crippen LogP contribution < -0.4 is 5.32 Å². The highest BCUT2D eigenvalue weighted by Crippen LogP contribution is 2.21. The maximum absolute atomic E-state index is 12.8. The van der Waals surface area contributed by atoms with E-state index in [0.717, 1.165) is 50.5 Å². The highest BCUT2D eigenvalue weighted by molar-refractivity contribution is 7.89. The number of carbonyl (C=O) groups excluding carboxylic acids is 2. The lowest BCUT2D eigenvalue weighted by Gasteiger charge is -2.20. The Labute approximate surface area is 180 Å². The lowest BCUT2D eigenvalue weighted by molar-refractivity contribution is -0.140. The van der Waals surface area contributed by atoms with Gasteiger partial charge in [0.2, 0.25) is 15.9 Å². The second-order valence-electron chi connectivity index (χ2n) is 7.70. The maximum atomic E-state index is 12.8. The summed E-state index contributed by atoms with van der Waals surface area (Å²) in [6.45, 7) is 1.77. The van der Waals surface area contributed by atoms with E-state index in [1.807, 2.05) is 0 Å². The zero-order valence-corrected chi connectivity index (χ0v) is 18.7. The third-order valence-corrected chi connectivity index (χ3v) is 7.29. The summed E-state index contributed by atoms with van der Waals surface area (Å²) in [5.74, 6) is -0.228. The van der Waals surface area contributed by atoms with Gasteiger partial charge in [0, 0.05) is 32.5 Å². The summed E-state index contributed by atoms with van der Waals surface area (Å²) in [4.78, 5) is 23.3. The number of unbranched alkanes of at least 4 members (excludes halogenated alkanes) is 2. The molecular formula is C22H34N2O5S. The Balaban J connectivity index is 1.71. The van der Waals surface area contributed by atoms with Crippen LogP contribution in [0.1, 0.15) is 63.4 Å². The van der Waals surface area contributed by atoms with Gasteiger partial charge >= 0.3 is 5.97 Å². The Morgan fingerprint density at radius 3 is 2.27 bits per heavy atom. The number of hydrogen-bond acceptors (Lipinski definition) is 5.